The first-order chi connectivity index (χ1) is 10.7. The van der Waals surface area contributed by atoms with Gasteiger partial charge in [0.25, 0.3) is 0 Å². The third-order valence-corrected chi connectivity index (χ3v) is 3.98. The number of hydrogen-bond acceptors (Lipinski definition) is 5. The Morgan fingerprint density at radius 2 is 2.14 bits per heavy atom. The van der Waals surface area contributed by atoms with Crippen molar-refractivity contribution >= 4 is 16.6 Å². The average Bonchev–Trinajstić information content (AvgIpc) is 2.99. The molecule has 1 fully saturated rings. The lowest BCUT2D eigenvalue weighted by atomic mass is 10.1. The molecule has 1 aliphatic heterocycles. The Hall–Kier alpha value is -2.36. The maximum atomic E-state index is 10.5. The van der Waals surface area contributed by atoms with E-state index in [0.29, 0.717) is 19.0 Å². The molecule has 1 atom stereocenters. The molecule has 0 radical (unpaired) electrons. The highest BCUT2D eigenvalue weighted by Crippen LogP contribution is 2.22. The van der Waals surface area contributed by atoms with Crippen LogP contribution in [0.1, 0.15) is 12.7 Å². The maximum Gasteiger partial charge on any atom is 0.152 e. The zero-order valence-corrected chi connectivity index (χ0v) is 12.4. The molecule has 0 bridgehead atoms. The number of aliphatic hydroxyl groups is 1. The standard InChI is InChI=1S/C16H18N4O2/c1-11(20-6-8-22-9-7-20)15(21)12(10-17)16-18-13-4-2-3-5-14(13)19-16/h2-5,11,21H,6-9H2,1H3,(H,18,19)/b15-12-/t11-/m0/s1. The van der Waals surface area contributed by atoms with Gasteiger partial charge in [0.2, 0.25) is 0 Å². The number of benzene rings is 1. The molecule has 1 aliphatic rings. The summed E-state index contributed by atoms with van der Waals surface area (Å²) in [5, 5.41) is 20.0. The minimum atomic E-state index is -0.244. The molecule has 22 heavy (non-hydrogen) atoms. The van der Waals surface area contributed by atoms with Crippen LogP contribution in [0.2, 0.25) is 0 Å². The number of rotatable bonds is 3. The van der Waals surface area contributed by atoms with Crippen LogP contribution in [0.15, 0.2) is 30.0 Å². The predicted molar refractivity (Wildman–Crippen MR) is 83.1 cm³/mol. The second-order valence-electron chi connectivity index (χ2n) is 5.30. The lowest BCUT2D eigenvalue weighted by molar-refractivity contribution is 0.0200. The minimum Gasteiger partial charge on any atom is -0.509 e. The average molecular weight is 298 g/mol. The number of nitrogens with zero attached hydrogens (tertiary/aromatic N) is 3. The van der Waals surface area contributed by atoms with Crippen LogP contribution in [0.5, 0.6) is 0 Å². The van der Waals surface area contributed by atoms with E-state index in [2.05, 4.69) is 20.9 Å². The summed E-state index contributed by atoms with van der Waals surface area (Å²) in [6.07, 6.45) is 0. The number of imidazole rings is 1. The molecule has 2 heterocycles. The Labute approximate surface area is 128 Å². The summed E-state index contributed by atoms with van der Waals surface area (Å²) in [5.41, 5.74) is 1.81. The number of aromatic amines is 1. The van der Waals surface area contributed by atoms with Gasteiger partial charge >= 0.3 is 0 Å². The van der Waals surface area contributed by atoms with Crippen molar-refractivity contribution in [2.75, 3.05) is 26.3 Å². The van der Waals surface area contributed by atoms with Crippen LogP contribution in [0, 0.1) is 11.3 Å². The molecule has 1 aromatic heterocycles. The molecule has 0 saturated carbocycles. The molecule has 1 saturated heterocycles. The normalized spacial score (nSPS) is 18.7. The van der Waals surface area contributed by atoms with Gasteiger partial charge < -0.3 is 14.8 Å². The quantitative estimate of drug-likeness (QED) is 0.669. The third-order valence-electron chi connectivity index (χ3n) is 3.98. The number of ether oxygens (including phenoxy) is 1. The van der Waals surface area contributed by atoms with E-state index in [1.165, 1.54) is 0 Å². The van der Waals surface area contributed by atoms with Crippen LogP contribution in [-0.2, 0) is 4.74 Å². The molecule has 0 spiro atoms. The van der Waals surface area contributed by atoms with Gasteiger partial charge in [-0.1, -0.05) is 12.1 Å². The van der Waals surface area contributed by atoms with Gasteiger partial charge in [-0.2, -0.15) is 5.26 Å². The first kappa shape index (κ1) is 14.6. The van der Waals surface area contributed by atoms with Crippen molar-refractivity contribution in [1.82, 2.24) is 14.9 Å². The summed E-state index contributed by atoms with van der Waals surface area (Å²) in [6.45, 7) is 4.66. The van der Waals surface area contributed by atoms with Crippen molar-refractivity contribution < 1.29 is 9.84 Å². The number of nitrogens with one attached hydrogen (secondary N) is 1. The fourth-order valence-electron chi connectivity index (χ4n) is 2.65. The van der Waals surface area contributed by atoms with E-state index in [1.54, 1.807) is 0 Å². The molecule has 3 rings (SSSR count). The van der Waals surface area contributed by atoms with Gasteiger partial charge in [0.1, 0.15) is 17.4 Å². The minimum absolute atomic E-state index is 0.0449. The zero-order chi connectivity index (χ0) is 15.5. The summed E-state index contributed by atoms with van der Waals surface area (Å²) in [7, 11) is 0. The van der Waals surface area contributed by atoms with Gasteiger partial charge in [-0.15, -0.1) is 0 Å². The smallest absolute Gasteiger partial charge is 0.152 e. The molecule has 0 aliphatic carbocycles. The lowest BCUT2D eigenvalue weighted by Crippen LogP contribution is -2.43. The van der Waals surface area contributed by atoms with Crippen molar-refractivity contribution in [2.24, 2.45) is 0 Å². The number of para-hydroxylation sites is 2. The SMILES string of the molecule is C[C@@H](/C(O)=C(\C#N)c1nc2ccccc2[nH]1)N1CCOCC1. The van der Waals surface area contributed by atoms with Crippen molar-refractivity contribution in [1.29, 1.82) is 5.26 Å². The second kappa shape index (κ2) is 6.18. The van der Waals surface area contributed by atoms with E-state index in [4.69, 9.17) is 4.74 Å². The fraction of sp³-hybridized carbons (Fsp3) is 0.375. The zero-order valence-electron chi connectivity index (χ0n) is 12.4. The number of H-pyrrole nitrogens is 1. The van der Waals surface area contributed by atoms with Crippen molar-refractivity contribution in [3.63, 3.8) is 0 Å². The number of aromatic nitrogens is 2. The summed E-state index contributed by atoms with van der Waals surface area (Å²) < 4.78 is 5.32. The third kappa shape index (κ3) is 2.69. The van der Waals surface area contributed by atoms with E-state index in [0.717, 1.165) is 24.1 Å². The van der Waals surface area contributed by atoms with Crippen LogP contribution < -0.4 is 0 Å². The Bertz CT molecular complexity index is 705. The van der Waals surface area contributed by atoms with Gasteiger partial charge in [0.15, 0.2) is 5.82 Å². The summed E-state index contributed by atoms with van der Waals surface area (Å²) in [5.74, 6) is 0.449. The molecule has 0 amide bonds. The first-order valence-electron chi connectivity index (χ1n) is 7.31. The molecule has 6 nitrogen and oxygen atoms in total. The number of morpholine rings is 1. The second-order valence-corrected chi connectivity index (χ2v) is 5.30. The highest BCUT2D eigenvalue weighted by atomic mass is 16.5. The molecular weight excluding hydrogens is 280 g/mol. The van der Waals surface area contributed by atoms with Gasteiger partial charge in [-0.25, -0.2) is 4.98 Å². The molecule has 114 valence electrons. The van der Waals surface area contributed by atoms with E-state index in [1.807, 2.05) is 31.2 Å². The van der Waals surface area contributed by atoms with Crippen LogP contribution in [-0.4, -0.2) is 52.3 Å². The highest BCUT2D eigenvalue weighted by molar-refractivity contribution is 5.82. The lowest BCUT2D eigenvalue weighted by Gasteiger charge is -2.31. The van der Waals surface area contributed by atoms with Gasteiger partial charge in [0, 0.05) is 13.1 Å². The van der Waals surface area contributed by atoms with Crippen LogP contribution in [0.25, 0.3) is 16.6 Å². The largest absolute Gasteiger partial charge is 0.509 e. The summed E-state index contributed by atoms with van der Waals surface area (Å²) in [4.78, 5) is 9.58. The Morgan fingerprint density at radius 1 is 1.41 bits per heavy atom. The molecule has 1 aromatic carbocycles. The molecule has 2 aromatic rings. The van der Waals surface area contributed by atoms with E-state index < -0.39 is 0 Å². The first-order valence-corrected chi connectivity index (χ1v) is 7.31. The predicted octanol–water partition coefficient (Wildman–Crippen LogP) is 2.08. The van der Waals surface area contributed by atoms with Crippen LogP contribution >= 0.6 is 0 Å². The Balaban J connectivity index is 1.95. The van der Waals surface area contributed by atoms with Gasteiger partial charge in [-0.3, -0.25) is 4.90 Å². The molecule has 6 heteroatoms. The van der Waals surface area contributed by atoms with Gasteiger partial charge in [-0.05, 0) is 19.1 Å². The van der Waals surface area contributed by atoms with Crippen molar-refractivity contribution in [2.45, 2.75) is 13.0 Å². The Kier molecular flexibility index (Phi) is 4.09. The van der Waals surface area contributed by atoms with E-state index in [-0.39, 0.29) is 17.4 Å². The van der Waals surface area contributed by atoms with Crippen molar-refractivity contribution in [3.8, 4) is 6.07 Å². The summed E-state index contributed by atoms with van der Waals surface area (Å²) >= 11 is 0. The maximum absolute atomic E-state index is 10.5. The number of allylic oxidation sites excluding steroid dienone is 1. The molecular formula is C16H18N4O2. The van der Waals surface area contributed by atoms with Crippen molar-refractivity contribution in [3.05, 3.63) is 35.8 Å². The van der Waals surface area contributed by atoms with Crippen LogP contribution in [0.3, 0.4) is 0 Å². The highest BCUT2D eigenvalue weighted by Gasteiger charge is 2.24. The number of aliphatic hydroxyl groups excluding tert-OH is 1. The number of fused-ring (bicyclic) bond motifs is 1. The molecule has 2 N–H and O–H groups in total. The molecule has 0 unspecified atom stereocenters. The van der Waals surface area contributed by atoms with Crippen LogP contribution in [0.4, 0.5) is 0 Å². The monoisotopic (exact) mass is 298 g/mol. The Morgan fingerprint density at radius 3 is 2.82 bits per heavy atom. The van der Waals surface area contributed by atoms with Gasteiger partial charge in [0.05, 0.1) is 30.3 Å². The van der Waals surface area contributed by atoms with E-state index in [9.17, 15) is 10.4 Å². The topological polar surface area (TPSA) is 85.2 Å². The number of nitriles is 1. The summed E-state index contributed by atoms with van der Waals surface area (Å²) in [6, 6.07) is 9.38. The van der Waals surface area contributed by atoms with E-state index >= 15 is 0 Å². The number of hydrogen-bond donors (Lipinski definition) is 2. The fourth-order valence-corrected chi connectivity index (χ4v) is 2.65.